The third kappa shape index (κ3) is 2.27. The van der Waals surface area contributed by atoms with Crippen LogP contribution in [0.5, 0.6) is 0 Å². The quantitative estimate of drug-likeness (QED) is 0.376. The molecule has 0 amide bonds. The van der Waals surface area contributed by atoms with Crippen LogP contribution in [0, 0.1) is 0 Å². The van der Waals surface area contributed by atoms with Gasteiger partial charge in [0, 0.05) is 0 Å². The van der Waals surface area contributed by atoms with Gasteiger partial charge in [0.15, 0.2) is 0 Å². The second-order valence-electron chi connectivity index (χ2n) is 4.10. The van der Waals surface area contributed by atoms with Crippen LogP contribution in [-0.4, -0.2) is 67.5 Å². The van der Waals surface area contributed by atoms with Crippen molar-refractivity contribution in [1.82, 2.24) is 0 Å². The van der Waals surface area contributed by atoms with E-state index in [1.54, 1.807) is 0 Å². The molecule has 0 aromatic rings. The number of alkyl halides is 1. The Balaban J connectivity index is 6.74. The van der Waals surface area contributed by atoms with Gasteiger partial charge in [-0.25, -0.2) is 13.2 Å². The minimum atomic E-state index is -5.45. The number of aliphatic carboxylic acids is 1. The van der Waals surface area contributed by atoms with Crippen molar-refractivity contribution < 1.29 is 35.8 Å². The van der Waals surface area contributed by atoms with Crippen molar-refractivity contribution in [2.24, 2.45) is 0 Å². The highest BCUT2D eigenvalue weighted by Gasteiger charge is 2.71. The lowest BCUT2D eigenvalue weighted by Crippen LogP contribution is -2.70. The zero-order chi connectivity index (χ0) is 14.3. The zero-order valence-corrected chi connectivity index (χ0v) is 11.7. The molecule has 0 aliphatic rings. The topological polar surface area (TPSA) is 126 Å². The predicted octanol–water partition coefficient (Wildman–Crippen LogP) is -1.07. The van der Waals surface area contributed by atoms with Crippen molar-refractivity contribution in [1.29, 1.82) is 0 Å². The number of carboxylic acid groups (broad SMARTS) is 1. The van der Waals surface area contributed by atoms with Crippen molar-refractivity contribution in [3.63, 3.8) is 0 Å². The maximum Gasteiger partial charge on any atom is 0.420 e. The Kier molecular flexibility index (Phi) is 4.25. The Bertz CT molecular complexity index is 517. The fourth-order valence-electron chi connectivity index (χ4n) is 1.53. The molecule has 1 atom stereocenters. The third-order valence-electron chi connectivity index (χ3n) is 2.07. The highest BCUT2D eigenvalue weighted by atomic mass is 35.5. The number of carbonyl (C=O) groups is 1. The molecule has 0 aliphatic heterocycles. The molecule has 1 unspecified atom stereocenters. The Morgan fingerprint density at radius 1 is 1.24 bits per heavy atom. The summed E-state index contributed by atoms with van der Waals surface area (Å²) in [4.78, 5) is 11.1. The van der Waals surface area contributed by atoms with E-state index >= 15 is 0 Å². The summed E-state index contributed by atoms with van der Waals surface area (Å²) in [6.07, 6.45) is 0. The number of quaternary nitrogens is 1. The average molecular weight is 311 g/mol. The van der Waals surface area contributed by atoms with Gasteiger partial charge >= 0.3 is 20.3 Å². The molecule has 0 bridgehead atoms. The van der Waals surface area contributed by atoms with Crippen LogP contribution in [0.3, 0.4) is 0 Å². The summed E-state index contributed by atoms with van der Waals surface area (Å²) >= 11 is 5.10. The summed E-state index contributed by atoms with van der Waals surface area (Å²) in [5.41, 5.74) is 0. The predicted molar refractivity (Wildman–Crippen MR) is 59.6 cm³/mol. The van der Waals surface area contributed by atoms with Gasteiger partial charge in [0.05, 0.1) is 21.1 Å². The molecule has 0 saturated heterocycles. The summed E-state index contributed by atoms with van der Waals surface area (Å²) in [7, 11) is -7.27. The second kappa shape index (κ2) is 4.35. The van der Waals surface area contributed by atoms with E-state index in [4.69, 9.17) is 21.3 Å². The van der Waals surface area contributed by atoms with Gasteiger partial charge < -0.3 is 5.11 Å². The first-order chi connectivity index (χ1) is 7.25. The van der Waals surface area contributed by atoms with Crippen molar-refractivity contribution in [2.75, 3.05) is 26.4 Å². The Morgan fingerprint density at radius 2 is 1.59 bits per heavy atom. The normalized spacial score (nSPS) is 17.5. The van der Waals surface area contributed by atoms with Crippen LogP contribution in [0.15, 0.2) is 0 Å². The SMILES string of the molecule is C[N+](C)(C)C(C(=O)O)(S(=O)(=O)O)S(=O)(=O)CCl. The van der Waals surface area contributed by atoms with Gasteiger partial charge in [-0.1, -0.05) is 0 Å². The Labute approximate surface area is 104 Å². The van der Waals surface area contributed by atoms with E-state index in [1.807, 2.05) is 0 Å². The molecule has 0 aromatic carbocycles. The van der Waals surface area contributed by atoms with Gasteiger partial charge in [0.25, 0.3) is 0 Å². The molecule has 0 aliphatic carbocycles. The fourth-order valence-corrected chi connectivity index (χ4v) is 5.82. The molecule has 102 valence electrons. The number of hydrogen-bond donors (Lipinski definition) is 2. The lowest BCUT2D eigenvalue weighted by Gasteiger charge is -2.38. The maximum atomic E-state index is 11.7. The molecule has 2 N–H and O–H groups in total. The number of sulfone groups is 1. The first-order valence-electron chi connectivity index (χ1n) is 4.06. The number of nitrogens with zero attached hydrogens (tertiary/aromatic N) is 1. The average Bonchev–Trinajstić information content (AvgIpc) is 1.97. The summed E-state index contributed by atoms with van der Waals surface area (Å²) < 4.78 is 50.4. The van der Waals surface area contributed by atoms with Gasteiger partial charge in [0.1, 0.15) is 5.21 Å². The second-order valence-corrected chi connectivity index (χ2v) is 8.59. The molecule has 17 heavy (non-hydrogen) atoms. The van der Waals surface area contributed by atoms with E-state index in [-0.39, 0.29) is 0 Å². The van der Waals surface area contributed by atoms with Gasteiger partial charge in [0.2, 0.25) is 9.84 Å². The van der Waals surface area contributed by atoms with Crippen LogP contribution in [0.2, 0.25) is 0 Å². The van der Waals surface area contributed by atoms with Gasteiger partial charge in [-0.15, -0.1) is 11.6 Å². The van der Waals surface area contributed by atoms with Gasteiger partial charge in [-0.3, -0.25) is 9.04 Å². The molecular weight excluding hydrogens is 298 g/mol. The lowest BCUT2D eigenvalue weighted by molar-refractivity contribution is -0.883. The number of halogens is 1. The van der Waals surface area contributed by atoms with E-state index < -0.39 is 39.8 Å². The van der Waals surface area contributed by atoms with Gasteiger partial charge in [-0.05, 0) is 0 Å². The molecule has 0 saturated carbocycles. The number of carboxylic acids is 1. The van der Waals surface area contributed by atoms with Crippen LogP contribution in [0.25, 0.3) is 0 Å². The molecule has 8 nitrogen and oxygen atoms in total. The van der Waals surface area contributed by atoms with Crippen molar-refractivity contribution in [3.05, 3.63) is 0 Å². The van der Waals surface area contributed by atoms with Crippen LogP contribution < -0.4 is 0 Å². The lowest BCUT2D eigenvalue weighted by atomic mass is 10.5. The van der Waals surface area contributed by atoms with Crippen molar-refractivity contribution in [3.8, 4) is 0 Å². The highest BCUT2D eigenvalue weighted by Crippen LogP contribution is 2.33. The number of likely N-dealkylation sites (N-methyl/N-ethyl adjacent to an activating group) is 1. The van der Waals surface area contributed by atoms with Crippen LogP contribution in [-0.2, 0) is 24.7 Å². The Hall–Kier alpha value is -0.420. The number of hydrogen-bond acceptors (Lipinski definition) is 5. The summed E-state index contributed by atoms with van der Waals surface area (Å²) in [6.45, 7) is 0. The highest BCUT2D eigenvalue weighted by molar-refractivity contribution is 8.09. The monoisotopic (exact) mass is 310 g/mol. The molecular formula is C6H13ClNO7S2+. The first kappa shape index (κ1) is 16.6. The summed E-state index contributed by atoms with van der Waals surface area (Å²) in [5.74, 6) is -2.21. The number of rotatable bonds is 5. The molecule has 0 spiro atoms. The molecule has 0 aromatic heterocycles. The van der Waals surface area contributed by atoms with Crippen LogP contribution in [0.4, 0.5) is 0 Å². The van der Waals surface area contributed by atoms with E-state index in [0.29, 0.717) is 0 Å². The fraction of sp³-hybridized carbons (Fsp3) is 0.833. The molecule has 0 fully saturated rings. The van der Waals surface area contributed by atoms with E-state index in [2.05, 4.69) is 0 Å². The van der Waals surface area contributed by atoms with E-state index in [0.717, 1.165) is 21.1 Å². The molecule has 0 rings (SSSR count). The van der Waals surface area contributed by atoms with E-state index in [1.165, 1.54) is 0 Å². The third-order valence-corrected chi connectivity index (χ3v) is 7.60. The zero-order valence-electron chi connectivity index (χ0n) is 9.28. The largest absolute Gasteiger partial charge is 0.475 e. The minimum absolute atomic E-state index is 1.01. The van der Waals surface area contributed by atoms with Crippen molar-refractivity contribution >= 4 is 37.5 Å². The standard InChI is InChI=1S/C6H12ClNO7S2/c1-8(2,3)6(5(9)10,17(13,14)15)16(11,12)4-7/h4H2,1-3H3,(H-,9,10,13,14,15)/p+1. The summed E-state index contributed by atoms with van der Waals surface area (Å²) in [6, 6.07) is 0. The minimum Gasteiger partial charge on any atom is -0.475 e. The first-order valence-corrected chi connectivity index (χ1v) is 7.68. The summed E-state index contributed by atoms with van der Waals surface area (Å²) in [5, 5.41) is 7.71. The molecule has 11 heteroatoms. The van der Waals surface area contributed by atoms with Crippen LogP contribution in [0.1, 0.15) is 0 Å². The maximum absolute atomic E-state index is 11.7. The van der Waals surface area contributed by atoms with Gasteiger partial charge in [-0.2, -0.15) is 8.42 Å². The van der Waals surface area contributed by atoms with Crippen LogP contribution >= 0.6 is 11.6 Å². The smallest absolute Gasteiger partial charge is 0.420 e. The van der Waals surface area contributed by atoms with Crippen molar-refractivity contribution in [2.45, 2.75) is 4.20 Å². The van der Waals surface area contributed by atoms with E-state index in [9.17, 15) is 21.6 Å². The molecule has 0 radical (unpaired) electrons. The Morgan fingerprint density at radius 3 is 1.65 bits per heavy atom. The molecule has 0 heterocycles.